The maximum atomic E-state index is 9.55. The molecule has 0 saturated heterocycles. The topological polar surface area (TPSA) is 192 Å². The van der Waals surface area contributed by atoms with E-state index in [4.69, 9.17) is 20.4 Å². The van der Waals surface area contributed by atoms with Gasteiger partial charge in [-0.2, -0.15) is 0 Å². The highest BCUT2D eigenvalue weighted by Gasteiger charge is 1.88. The van der Waals surface area contributed by atoms with Crippen molar-refractivity contribution in [1.82, 2.24) is 0 Å². The van der Waals surface area contributed by atoms with Crippen LogP contribution < -0.4 is 5.73 Å². The average molecular weight is 291 g/mol. The molecule has 0 bridgehead atoms. The Bertz CT molecular complexity index is 352. The molecule has 0 fully saturated rings. The molecular weight excluding hydrogens is 278 g/mol. The van der Waals surface area contributed by atoms with Crippen molar-refractivity contribution in [2.75, 3.05) is 0 Å². The first kappa shape index (κ1) is 22.0. The first-order chi connectivity index (χ1) is 8.98. The Balaban J connectivity index is -0.000000230. The molecule has 0 aliphatic carbocycles. The maximum absolute atomic E-state index is 9.55. The number of carbonyl (C=O) groups is 5. The number of amides is 1. The van der Waals surface area contributed by atoms with Crippen molar-refractivity contribution in [2.45, 2.75) is 6.92 Å². The van der Waals surface area contributed by atoms with E-state index in [1.807, 2.05) is 0 Å². The molecule has 10 nitrogen and oxygen atoms in total. The van der Waals surface area contributed by atoms with Crippen LogP contribution >= 0.6 is 0 Å². The minimum Gasteiger partial charge on any atom is -0.478 e. The first-order valence-electron chi connectivity index (χ1n) is 4.53. The lowest BCUT2D eigenvalue weighted by molar-refractivity contribution is -0.134. The molecule has 1 amide bonds. The van der Waals surface area contributed by atoms with Gasteiger partial charge in [0, 0.05) is 31.2 Å². The normalized spacial score (nSPS) is 8.85. The summed E-state index contributed by atoms with van der Waals surface area (Å²) >= 11 is 0. The van der Waals surface area contributed by atoms with Crippen molar-refractivity contribution in [3.63, 3.8) is 0 Å². The lowest BCUT2D eigenvalue weighted by atomic mass is 10.5. The van der Waals surface area contributed by atoms with Gasteiger partial charge in [0.25, 0.3) is 0 Å². The highest BCUT2D eigenvalue weighted by molar-refractivity contribution is 5.90. The summed E-state index contributed by atoms with van der Waals surface area (Å²) in [6.45, 7) is 1.31. The third kappa shape index (κ3) is 60.8. The molecule has 112 valence electrons. The summed E-state index contributed by atoms with van der Waals surface area (Å²) in [4.78, 5) is 47.4. The van der Waals surface area contributed by atoms with Crippen LogP contribution in [0.3, 0.4) is 0 Å². The van der Waals surface area contributed by atoms with Crippen LogP contribution in [0.2, 0.25) is 0 Å². The molecule has 0 aliphatic rings. The van der Waals surface area contributed by atoms with Gasteiger partial charge in [0.2, 0.25) is 5.91 Å². The number of hydrogen-bond donors (Lipinski definition) is 5. The molecule has 0 saturated carbocycles. The summed E-state index contributed by atoms with van der Waals surface area (Å²) in [5, 5.41) is 31.2. The van der Waals surface area contributed by atoms with Crippen LogP contribution in [0, 0.1) is 0 Å². The van der Waals surface area contributed by atoms with Crippen LogP contribution in [0.4, 0.5) is 0 Å². The van der Waals surface area contributed by atoms with E-state index in [2.05, 4.69) is 5.73 Å². The smallest absolute Gasteiger partial charge is 0.328 e. The van der Waals surface area contributed by atoms with E-state index in [0.717, 1.165) is 0 Å². The molecule has 0 aromatic rings. The molecule has 0 rings (SSSR count). The van der Waals surface area contributed by atoms with E-state index < -0.39 is 23.9 Å². The predicted molar refractivity (Wildman–Crippen MR) is 63.7 cm³/mol. The van der Waals surface area contributed by atoms with Crippen molar-refractivity contribution in [1.29, 1.82) is 0 Å². The zero-order valence-electron chi connectivity index (χ0n) is 10.2. The standard InChI is InChI=1S/2C4H4O4.C2H5NO/c2*5-3(6)1-2-4(7)8;1-2(3)4/h2*1-2H,(H,5,6)(H,7,8);1H3,(H2,3,4). The van der Waals surface area contributed by atoms with E-state index in [0.29, 0.717) is 24.3 Å². The van der Waals surface area contributed by atoms with Crippen LogP contribution in [0.15, 0.2) is 24.3 Å². The summed E-state index contributed by atoms with van der Waals surface area (Å²) in [5.74, 6) is -5.36. The quantitative estimate of drug-likeness (QED) is 0.400. The van der Waals surface area contributed by atoms with Gasteiger partial charge in [-0.3, -0.25) is 4.79 Å². The SMILES string of the molecule is CC(N)=O.O=C(O)C=CC(=O)O.O=C(O)C=CC(=O)O. The summed E-state index contributed by atoms with van der Waals surface area (Å²) < 4.78 is 0. The maximum Gasteiger partial charge on any atom is 0.328 e. The number of carboxylic acids is 4. The Morgan fingerprint density at radius 1 is 0.650 bits per heavy atom. The van der Waals surface area contributed by atoms with E-state index in [1.165, 1.54) is 6.92 Å². The zero-order valence-corrected chi connectivity index (χ0v) is 10.2. The summed E-state index contributed by atoms with van der Waals surface area (Å²) in [5.41, 5.74) is 4.47. The van der Waals surface area contributed by atoms with Gasteiger partial charge in [-0.25, -0.2) is 19.2 Å². The fourth-order valence-corrected chi connectivity index (χ4v) is 0.285. The molecule has 0 unspecified atom stereocenters. The van der Waals surface area contributed by atoms with Gasteiger partial charge in [0.15, 0.2) is 0 Å². The zero-order chi connectivity index (χ0) is 16.7. The van der Waals surface area contributed by atoms with Gasteiger partial charge < -0.3 is 26.2 Å². The Kier molecular flexibility index (Phi) is 15.3. The fourth-order valence-electron chi connectivity index (χ4n) is 0.285. The summed E-state index contributed by atoms with van der Waals surface area (Å²) in [7, 11) is 0. The number of nitrogens with two attached hydrogens (primary N) is 1. The number of primary amides is 1. The van der Waals surface area contributed by atoms with Crippen molar-refractivity contribution < 1.29 is 44.4 Å². The Morgan fingerprint density at radius 3 is 0.800 bits per heavy atom. The second-order valence-corrected chi connectivity index (χ2v) is 2.63. The molecule has 6 N–H and O–H groups in total. The van der Waals surface area contributed by atoms with Gasteiger partial charge >= 0.3 is 23.9 Å². The van der Waals surface area contributed by atoms with Gasteiger partial charge in [-0.1, -0.05) is 0 Å². The molecule has 20 heavy (non-hydrogen) atoms. The third-order valence-electron chi connectivity index (χ3n) is 0.737. The molecular formula is C10H13NO9. The van der Waals surface area contributed by atoms with E-state index >= 15 is 0 Å². The van der Waals surface area contributed by atoms with Gasteiger partial charge in [-0.05, 0) is 0 Å². The van der Waals surface area contributed by atoms with Crippen molar-refractivity contribution in [3.05, 3.63) is 24.3 Å². The van der Waals surface area contributed by atoms with Crippen molar-refractivity contribution >= 4 is 29.8 Å². The van der Waals surface area contributed by atoms with Crippen LogP contribution in [0.5, 0.6) is 0 Å². The average Bonchev–Trinajstić information content (AvgIpc) is 2.23. The largest absolute Gasteiger partial charge is 0.478 e. The van der Waals surface area contributed by atoms with E-state index in [1.54, 1.807) is 0 Å². The van der Waals surface area contributed by atoms with Crippen LogP contribution in [0.1, 0.15) is 6.92 Å². The minimum absolute atomic E-state index is 0.333. The fraction of sp³-hybridized carbons (Fsp3) is 0.100. The first-order valence-corrected chi connectivity index (χ1v) is 4.53. The van der Waals surface area contributed by atoms with Gasteiger partial charge in [0.05, 0.1) is 0 Å². The number of carboxylic acid groups (broad SMARTS) is 4. The molecule has 0 heterocycles. The van der Waals surface area contributed by atoms with Gasteiger partial charge in [-0.15, -0.1) is 0 Å². The second-order valence-electron chi connectivity index (χ2n) is 2.63. The molecule has 0 radical (unpaired) electrons. The van der Waals surface area contributed by atoms with E-state index in [9.17, 15) is 24.0 Å². The molecule has 0 spiro atoms. The number of rotatable bonds is 4. The van der Waals surface area contributed by atoms with Crippen LogP contribution in [0.25, 0.3) is 0 Å². The number of aliphatic carboxylic acids is 4. The number of carbonyl (C=O) groups excluding carboxylic acids is 1. The minimum atomic E-state index is -1.26. The van der Waals surface area contributed by atoms with E-state index in [-0.39, 0.29) is 5.91 Å². The summed E-state index contributed by atoms with van der Waals surface area (Å²) in [6, 6.07) is 0. The van der Waals surface area contributed by atoms with Crippen LogP contribution in [-0.4, -0.2) is 50.2 Å². The lowest BCUT2D eigenvalue weighted by Gasteiger charge is -1.74. The van der Waals surface area contributed by atoms with Crippen molar-refractivity contribution in [2.24, 2.45) is 5.73 Å². The highest BCUT2D eigenvalue weighted by Crippen LogP contribution is 1.71. The molecule has 0 atom stereocenters. The van der Waals surface area contributed by atoms with Gasteiger partial charge in [0.1, 0.15) is 0 Å². The third-order valence-corrected chi connectivity index (χ3v) is 0.737. The lowest BCUT2D eigenvalue weighted by Crippen LogP contribution is -2.01. The van der Waals surface area contributed by atoms with Crippen LogP contribution in [-0.2, 0) is 24.0 Å². The molecule has 0 aromatic carbocycles. The monoisotopic (exact) mass is 291 g/mol. The molecule has 0 aromatic heterocycles. The predicted octanol–water partition coefficient (Wildman–Crippen LogP) is -1.08. The highest BCUT2D eigenvalue weighted by atomic mass is 16.4. The summed E-state index contributed by atoms with van der Waals surface area (Å²) in [6.07, 6.45) is 2.23. The molecule has 0 aliphatic heterocycles. The second kappa shape index (κ2) is 13.9. The Morgan fingerprint density at radius 2 is 0.750 bits per heavy atom. The Labute approximate surface area is 112 Å². The molecule has 10 heteroatoms. The number of hydrogen-bond acceptors (Lipinski definition) is 5. The Hall–Kier alpha value is -3.17. The van der Waals surface area contributed by atoms with Crippen molar-refractivity contribution in [3.8, 4) is 0 Å².